The van der Waals surface area contributed by atoms with E-state index in [9.17, 15) is 9.90 Å². The fourth-order valence-electron chi connectivity index (χ4n) is 2.35. The molecule has 0 spiro atoms. The molecule has 0 fully saturated rings. The maximum Gasteiger partial charge on any atom is 0.335 e. The first-order chi connectivity index (χ1) is 11.5. The molecule has 0 bridgehead atoms. The zero-order chi connectivity index (χ0) is 17.5. The van der Waals surface area contributed by atoms with Gasteiger partial charge in [0.2, 0.25) is 5.88 Å². The highest BCUT2D eigenvalue weighted by molar-refractivity contribution is 5.87. The Morgan fingerprint density at radius 3 is 2.50 bits per heavy atom. The minimum absolute atomic E-state index is 0.121. The van der Waals surface area contributed by atoms with Crippen molar-refractivity contribution in [2.24, 2.45) is 0 Å². The van der Waals surface area contributed by atoms with E-state index >= 15 is 0 Å². The molecule has 0 radical (unpaired) electrons. The molecule has 2 heterocycles. The van der Waals surface area contributed by atoms with Crippen LogP contribution < -0.4 is 4.74 Å². The molecule has 2 aromatic rings. The van der Waals surface area contributed by atoms with Gasteiger partial charge in [0.25, 0.3) is 0 Å². The van der Waals surface area contributed by atoms with Crippen molar-refractivity contribution in [1.29, 1.82) is 0 Å². The van der Waals surface area contributed by atoms with Gasteiger partial charge >= 0.3 is 5.97 Å². The van der Waals surface area contributed by atoms with Gasteiger partial charge < -0.3 is 20.1 Å². The number of methoxy groups -OCH3 is 1. The highest BCUT2D eigenvalue weighted by Gasteiger charge is 2.09. The summed E-state index contributed by atoms with van der Waals surface area (Å²) < 4.78 is 5.04. The molecule has 0 aromatic carbocycles. The number of aliphatic hydroxyl groups is 1. The Morgan fingerprint density at radius 1 is 1.12 bits per heavy atom. The summed E-state index contributed by atoms with van der Waals surface area (Å²) in [5, 5.41) is 28.0. The van der Waals surface area contributed by atoms with Crippen LogP contribution in [0.2, 0.25) is 0 Å². The summed E-state index contributed by atoms with van der Waals surface area (Å²) in [6.45, 7) is -0.296. The van der Waals surface area contributed by atoms with Crippen LogP contribution in [-0.4, -0.2) is 38.4 Å². The fraction of sp³-hybridized carbons (Fsp3) is 0.353. The number of rotatable bonds is 8. The van der Waals surface area contributed by atoms with Gasteiger partial charge in [-0.2, -0.15) is 0 Å². The standard InChI is InChI=1S/C17H20N2O5/c1-24-16-7-6-15(21)14(19-16)5-3-2-4-12-8-11(17(22)23)9-13(10-20)18-12/h6-9,20-21H,2-5,10H2,1H3,(H,22,23). The Kier molecular flexibility index (Phi) is 6.08. The summed E-state index contributed by atoms with van der Waals surface area (Å²) in [5.74, 6) is -0.463. The summed E-state index contributed by atoms with van der Waals surface area (Å²) in [4.78, 5) is 19.5. The smallest absolute Gasteiger partial charge is 0.335 e. The van der Waals surface area contributed by atoms with Gasteiger partial charge in [-0.1, -0.05) is 0 Å². The molecule has 128 valence electrons. The third-order valence-electron chi connectivity index (χ3n) is 3.57. The van der Waals surface area contributed by atoms with E-state index in [4.69, 9.17) is 14.9 Å². The van der Waals surface area contributed by atoms with Gasteiger partial charge in [0.05, 0.1) is 30.7 Å². The van der Waals surface area contributed by atoms with Crippen molar-refractivity contribution >= 4 is 5.97 Å². The lowest BCUT2D eigenvalue weighted by molar-refractivity contribution is 0.0696. The number of pyridine rings is 2. The second-order valence-corrected chi connectivity index (χ2v) is 5.33. The van der Waals surface area contributed by atoms with Crippen molar-refractivity contribution in [2.75, 3.05) is 7.11 Å². The number of nitrogens with zero attached hydrogens (tertiary/aromatic N) is 2. The number of aromatic nitrogens is 2. The van der Waals surface area contributed by atoms with Crippen LogP contribution in [0.1, 0.15) is 40.3 Å². The molecule has 0 aliphatic carbocycles. The minimum Gasteiger partial charge on any atom is -0.506 e. The van der Waals surface area contributed by atoms with Crippen molar-refractivity contribution in [3.8, 4) is 11.6 Å². The molecule has 24 heavy (non-hydrogen) atoms. The molecule has 0 aliphatic rings. The Hall–Kier alpha value is -2.67. The van der Waals surface area contributed by atoms with Crippen LogP contribution in [0.5, 0.6) is 11.6 Å². The van der Waals surface area contributed by atoms with Crippen molar-refractivity contribution in [3.63, 3.8) is 0 Å². The summed E-state index contributed by atoms with van der Waals surface area (Å²) in [7, 11) is 1.52. The SMILES string of the molecule is COc1ccc(O)c(CCCCc2cc(C(=O)O)cc(CO)n2)n1. The number of aromatic hydroxyl groups is 1. The molecular formula is C17H20N2O5. The van der Waals surface area contributed by atoms with E-state index in [1.165, 1.54) is 19.2 Å². The first-order valence-electron chi connectivity index (χ1n) is 7.60. The Bertz CT molecular complexity index is 718. The van der Waals surface area contributed by atoms with Crippen LogP contribution in [0.15, 0.2) is 24.3 Å². The van der Waals surface area contributed by atoms with Crippen LogP contribution in [0.3, 0.4) is 0 Å². The Labute approximate surface area is 139 Å². The third-order valence-corrected chi connectivity index (χ3v) is 3.57. The molecule has 0 atom stereocenters. The van der Waals surface area contributed by atoms with Crippen LogP contribution in [0, 0.1) is 0 Å². The molecule has 0 unspecified atom stereocenters. The second-order valence-electron chi connectivity index (χ2n) is 5.33. The van der Waals surface area contributed by atoms with E-state index < -0.39 is 5.97 Å². The second kappa shape index (κ2) is 8.26. The maximum atomic E-state index is 11.1. The predicted molar refractivity (Wildman–Crippen MR) is 86.2 cm³/mol. The number of aryl methyl sites for hydroxylation is 2. The number of aromatic carboxylic acids is 1. The average Bonchev–Trinajstić information content (AvgIpc) is 2.59. The zero-order valence-electron chi connectivity index (χ0n) is 13.4. The van der Waals surface area contributed by atoms with E-state index in [1.807, 2.05) is 0 Å². The monoisotopic (exact) mass is 332 g/mol. The molecular weight excluding hydrogens is 312 g/mol. The summed E-state index contributed by atoms with van der Waals surface area (Å²) in [6.07, 6.45) is 2.66. The van der Waals surface area contributed by atoms with Crippen molar-refractivity contribution in [2.45, 2.75) is 32.3 Å². The van der Waals surface area contributed by atoms with Gasteiger partial charge in [-0.15, -0.1) is 0 Å². The third kappa shape index (κ3) is 4.66. The van der Waals surface area contributed by atoms with Crippen LogP contribution >= 0.6 is 0 Å². The first kappa shape index (κ1) is 17.7. The molecule has 2 aromatic heterocycles. The molecule has 7 nitrogen and oxygen atoms in total. The largest absolute Gasteiger partial charge is 0.506 e. The van der Waals surface area contributed by atoms with Gasteiger partial charge in [-0.05, 0) is 43.9 Å². The number of carboxylic acids is 1. The highest BCUT2D eigenvalue weighted by atomic mass is 16.5. The van der Waals surface area contributed by atoms with Crippen LogP contribution in [0.25, 0.3) is 0 Å². The molecule has 0 aliphatic heterocycles. The first-order valence-corrected chi connectivity index (χ1v) is 7.60. The molecule has 0 saturated heterocycles. The van der Waals surface area contributed by atoms with Gasteiger partial charge in [-0.3, -0.25) is 4.98 Å². The zero-order valence-corrected chi connectivity index (χ0v) is 13.4. The van der Waals surface area contributed by atoms with Crippen molar-refractivity contribution in [1.82, 2.24) is 9.97 Å². The van der Waals surface area contributed by atoms with Gasteiger partial charge in [0.15, 0.2) is 0 Å². The average molecular weight is 332 g/mol. The Morgan fingerprint density at radius 2 is 1.83 bits per heavy atom. The summed E-state index contributed by atoms with van der Waals surface area (Å²) >= 11 is 0. The van der Waals surface area contributed by atoms with Crippen LogP contribution in [0.4, 0.5) is 0 Å². The number of hydrogen-bond donors (Lipinski definition) is 3. The van der Waals surface area contributed by atoms with Crippen molar-refractivity contribution < 1.29 is 24.9 Å². The highest BCUT2D eigenvalue weighted by Crippen LogP contribution is 2.21. The van der Waals surface area contributed by atoms with E-state index in [0.29, 0.717) is 35.8 Å². The van der Waals surface area contributed by atoms with E-state index in [2.05, 4.69) is 9.97 Å². The van der Waals surface area contributed by atoms with Gasteiger partial charge in [0.1, 0.15) is 5.75 Å². The lowest BCUT2D eigenvalue weighted by atomic mass is 10.1. The number of ether oxygens (including phenoxy) is 1. The normalized spacial score (nSPS) is 10.6. The number of hydrogen-bond acceptors (Lipinski definition) is 6. The lowest BCUT2D eigenvalue weighted by Crippen LogP contribution is -2.04. The molecule has 2 rings (SSSR count). The molecule has 0 saturated carbocycles. The number of aliphatic hydroxyl groups excluding tert-OH is 1. The number of carbonyl (C=O) groups is 1. The summed E-state index contributed by atoms with van der Waals surface area (Å²) in [6, 6.07) is 6.02. The van der Waals surface area contributed by atoms with Gasteiger partial charge in [-0.25, -0.2) is 9.78 Å². The fourth-order valence-corrected chi connectivity index (χ4v) is 2.35. The van der Waals surface area contributed by atoms with Crippen molar-refractivity contribution in [3.05, 3.63) is 46.9 Å². The molecule has 3 N–H and O–H groups in total. The topological polar surface area (TPSA) is 113 Å². The van der Waals surface area contributed by atoms with E-state index in [0.717, 1.165) is 12.8 Å². The quantitative estimate of drug-likeness (QED) is 0.633. The minimum atomic E-state index is -1.04. The number of unbranched alkanes of at least 4 members (excludes halogenated alkanes) is 1. The maximum absolute atomic E-state index is 11.1. The molecule has 0 amide bonds. The number of carboxylic acid groups (broad SMARTS) is 1. The summed E-state index contributed by atoms with van der Waals surface area (Å²) in [5.41, 5.74) is 1.66. The van der Waals surface area contributed by atoms with E-state index in [-0.39, 0.29) is 17.9 Å². The molecule has 7 heteroatoms. The van der Waals surface area contributed by atoms with Gasteiger partial charge in [0, 0.05) is 11.8 Å². The van der Waals surface area contributed by atoms with E-state index in [1.54, 1.807) is 12.1 Å². The predicted octanol–water partition coefficient (Wildman–Crippen LogP) is 1.95. The Balaban J connectivity index is 1.95. The lowest BCUT2D eigenvalue weighted by Gasteiger charge is -2.07. The van der Waals surface area contributed by atoms with Crippen LogP contribution in [-0.2, 0) is 19.4 Å².